The van der Waals surface area contributed by atoms with Crippen molar-refractivity contribution in [1.29, 1.82) is 0 Å². The lowest BCUT2D eigenvalue weighted by molar-refractivity contribution is 0.0606. The van der Waals surface area contributed by atoms with E-state index in [1.54, 1.807) is 0 Å². The quantitative estimate of drug-likeness (QED) is 0.602. The standard InChI is InChI=1S/C7H14O2/c1-6(8)5-7-3-2-4-9-7/h6-8H,2-5H2,1H3/t6-,7+/m0/s1. The summed E-state index contributed by atoms with van der Waals surface area (Å²) in [5.74, 6) is 0. The molecule has 0 amide bonds. The first-order valence-electron chi connectivity index (χ1n) is 3.58. The van der Waals surface area contributed by atoms with Crippen LogP contribution in [0.2, 0.25) is 0 Å². The van der Waals surface area contributed by atoms with Gasteiger partial charge in [0.1, 0.15) is 0 Å². The molecule has 54 valence electrons. The Bertz CT molecular complexity index is 75.0. The average Bonchev–Trinajstić information content (AvgIpc) is 2.15. The van der Waals surface area contributed by atoms with Gasteiger partial charge in [-0.2, -0.15) is 0 Å². The van der Waals surface area contributed by atoms with E-state index in [9.17, 15) is 0 Å². The van der Waals surface area contributed by atoms with Gasteiger partial charge in [0.2, 0.25) is 0 Å². The second-order valence-electron chi connectivity index (χ2n) is 2.72. The summed E-state index contributed by atoms with van der Waals surface area (Å²) in [6.45, 7) is 2.69. The van der Waals surface area contributed by atoms with E-state index in [1.165, 1.54) is 0 Å². The van der Waals surface area contributed by atoms with Gasteiger partial charge in [0.25, 0.3) is 0 Å². The summed E-state index contributed by atoms with van der Waals surface area (Å²) in [6, 6.07) is 0. The lowest BCUT2D eigenvalue weighted by atomic mass is 10.1. The molecule has 9 heavy (non-hydrogen) atoms. The van der Waals surface area contributed by atoms with E-state index < -0.39 is 0 Å². The van der Waals surface area contributed by atoms with Gasteiger partial charge in [-0.1, -0.05) is 0 Å². The topological polar surface area (TPSA) is 29.5 Å². The summed E-state index contributed by atoms with van der Waals surface area (Å²) in [6.07, 6.45) is 3.24. The van der Waals surface area contributed by atoms with Crippen molar-refractivity contribution in [3.8, 4) is 0 Å². The van der Waals surface area contributed by atoms with Crippen LogP contribution in [0.15, 0.2) is 0 Å². The van der Waals surface area contributed by atoms with Gasteiger partial charge in [-0.3, -0.25) is 0 Å². The van der Waals surface area contributed by atoms with Crippen LogP contribution < -0.4 is 0 Å². The third kappa shape index (κ3) is 2.33. The molecular formula is C7H14O2. The van der Waals surface area contributed by atoms with Gasteiger partial charge < -0.3 is 9.84 Å². The first kappa shape index (κ1) is 7.03. The summed E-state index contributed by atoms with van der Waals surface area (Å²) >= 11 is 0. The summed E-state index contributed by atoms with van der Waals surface area (Å²) in [5, 5.41) is 8.93. The molecular weight excluding hydrogens is 116 g/mol. The van der Waals surface area contributed by atoms with Gasteiger partial charge in [-0.15, -0.1) is 0 Å². The van der Waals surface area contributed by atoms with E-state index in [0.29, 0.717) is 6.10 Å². The van der Waals surface area contributed by atoms with Gasteiger partial charge in [-0.25, -0.2) is 0 Å². The Morgan fingerprint density at radius 1 is 1.78 bits per heavy atom. The number of rotatable bonds is 2. The van der Waals surface area contributed by atoms with E-state index in [4.69, 9.17) is 9.84 Å². The zero-order valence-electron chi connectivity index (χ0n) is 5.84. The smallest absolute Gasteiger partial charge is 0.0600 e. The van der Waals surface area contributed by atoms with E-state index >= 15 is 0 Å². The van der Waals surface area contributed by atoms with E-state index in [0.717, 1.165) is 25.9 Å². The zero-order chi connectivity index (χ0) is 6.69. The number of hydrogen-bond donors (Lipinski definition) is 1. The normalized spacial score (nSPS) is 30.7. The summed E-state index contributed by atoms with van der Waals surface area (Å²) in [7, 11) is 0. The number of aliphatic hydroxyl groups excluding tert-OH is 1. The maximum atomic E-state index is 8.93. The molecule has 1 aliphatic heterocycles. The molecule has 2 atom stereocenters. The Labute approximate surface area is 55.8 Å². The van der Waals surface area contributed by atoms with Crippen molar-refractivity contribution < 1.29 is 9.84 Å². The van der Waals surface area contributed by atoms with Gasteiger partial charge >= 0.3 is 0 Å². The van der Waals surface area contributed by atoms with Crippen LogP contribution >= 0.6 is 0 Å². The summed E-state index contributed by atoms with van der Waals surface area (Å²) in [5.41, 5.74) is 0. The molecule has 0 aromatic rings. The van der Waals surface area contributed by atoms with Crippen LogP contribution in [-0.2, 0) is 4.74 Å². The van der Waals surface area contributed by atoms with E-state index in [-0.39, 0.29) is 6.10 Å². The van der Waals surface area contributed by atoms with Crippen LogP contribution in [0.3, 0.4) is 0 Å². The first-order chi connectivity index (χ1) is 4.29. The number of aliphatic hydroxyl groups is 1. The largest absolute Gasteiger partial charge is 0.393 e. The maximum Gasteiger partial charge on any atom is 0.0600 e. The molecule has 1 heterocycles. The fourth-order valence-corrected chi connectivity index (χ4v) is 1.21. The van der Waals surface area contributed by atoms with Crippen LogP contribution in [-0.4, -0.2) is 23.9 Å². The SMILES string of the molecule is C[C@H](O)C[C@H]1CCCO1. The monoisotopic (exact) mass is 130 g/mol. The molecule has 0 unspecified atom stereocenters. The molecule has 1 rings (SSSR count). The lowest BCUT2D eigenvalue weighted by Crippen LogP contribution is -2.13. The summed E-state index contributed by atoms with van der Waals surface area (Å²) < 4.78 is 5.30. The fourth-order valence-electron chi connectivity index (χ4n) is 1.21. The van der Waals surface area contributed by atoms with Crippen LogP contribution in [0, 0.1) is 0 Å². The van der Waals surface area contributed by atoms with E-state index in [1.807, 2.05) is 6.92 Å². The molecule has 1 saturated heterocycles. The minimum atomic E-state index is -0.201. The van der Waals surface area contributed by atoms with Crippen molar-refractivity contribution in [3.63, 3.8) is 0 Å². The molecule has 0 aromatic heterocycles. The Kier molecular flexibility index (Phi) is 2.49. The van der Waals surface area contributed by atoms with Gasteiger partial charge in [0.15, 0.2) is 0 Å². The number of ether oxygens (including phenoxy) is 1. The Morgan fingerprint density at radius 2 is 2.56 bits per heavy atom. The van der Waals surface area contributed by atoms with Crippen molar-refractivity contribution >= 4 is 0 Å². The van der Waals surface area contributed by atoms with Crippen LogP contribution in [0.25, 0.3) is 0 Å². The molecule has 0 aromatic carbocycles. The molecule has 0 aliphatic carbocycles. The van der Waals surface area contributed by atoms with Crippen molar-refractivity contribution in [2.45, 2.75) is 38.4 Å². The second kappa shape index (κ2) is 3.18. The molecule has 1 N–H and O–H groups in total. The van der Waals surface area contributed by atoms with Gasteiger partial charge in [-0.05, 0) is 26.2 Å². The van der Waals surface area contributed by atoms with Gasteiger partial charge in [0, 0.05) is 6.61 Å². The maximum absolute atomic E-state index is 8.93. The highest BCUT2D eigenvalue weighted by molar-refractivity contribution is 4.66. The Hall–Kier alpha value is -0.0800. The van der Waals surface area contributed by atoms with Crippen molar-refractivity contribution in [1.82, 2.24) is 0 Å². The third-order valence-corrected chi connectivity index (χ3v) is 1.63. The molecule has 0 saturated carbocycles. The van der Waals surface area contributed by atoms with Crippen LogP contribution in [0.4, 0.5) is 0 Å². The van der Waals surface area contributed by atoms with Crippen molar-refractivity contribution in [2.24, 2.45) is 0 Å². The zero-order valence-corrected chi connectivity index (χ0v) is 5.84. The molecule has 2 nitrogen and oxygen atoms in total. The summed E-state index contributed by atoms with van der Waals surface area (Å²) in [4.78, 5) is 0. The highest BCUT2D eigenvalue weighted by Gasteiger charge is 2.16. The van der Waals surface area contributed by atoms with Crippen LogP contribution in [0.1, 0.15) is 26.2 Å². The number of hydrogen-bond acceptors (Lipinski definition) is 2. The molecule has 0 bridgehead atoms. The second-order valence-corrected chi connectivity index (χ2v) is 2.72. The minimum Gasteiger partial charge on any atom is -0.393 e. The van der Waals surface area contributed by atoms with E-state index in [2.05, 4.69) is 0 Å². The Morgan fingerprint density at radius 3 is 3.00 bits per heavy atom. The third-order valence-electron chi connectivity index (χ3n) is 1.63. The van der Waals surface area contributed by atoms with Crippen molar-refractivity contribution in [2.75, 3.05) is 6.61 Å². The molecule has 1 aliphatic rings. The highest BCUT2D eigenvalue weighted by atomic mass is 16.5. The van der Waals surface area contributed by atoms with Gasteiger partial charge in [0.05, 0.1) is 12.2 Å². The highest BCUT2D eigenvalue weighted by Crippen LogP contribution is 2.16. The predicted molar refractivity (Wildman–Crippen MR) is 35.3 cm³/mol. The molecule has 2 heteroatoms. The molecule has 0 radical (unpaired) electrons. The predicted octanol–water partition coefficient (Wildman–Crippen LogP) is 0.936. The van der Waals surface area contributed by atoms with Crippen molar-refractivity contribution in [3.05, 3.63) is 0 Å². The molecule has 1 fully saturated rings. The fraction of sp³-hybridized carbons (Fsp3) is 1.00. The Balaban J connectivity index is 2.11. The van der Waals surface area contributed by atoms with Crippen LogP contribution in [0.5, 0.6) is 0 Å². The minimum absolute atomic E-state index is 0.201. The average molecular weight is 130 g/mol. The lowest BCUT2D eigenvalue weighted by Gasteiger charge is -2.09. The first-order valence-corrected chi connectivity index (χ1v) is 3.58. The molecule has 0 spiro atoms.